The van der Waals surface area contributed by atoms with E-state index in [2.05, 4.69) is 22.1 Å². The largest absolute Gasteiger partial charge is 0.384 e. The van der Waals surface area contributed by atoms with E-state index in [1.807, 2.05) is 31.4 Å². The van der Waals surface area contributed by atoms with Gasteiger partial charge in [0, 0.05) is 10.9 Å². The van der Waals surface area contributed by atoms with Gasteiger partial charge in [-0.25, -0.2) is 4.98 Å². The summed E-state index contributed by atoms with van der Waals surface area (Å²) in [5, 5.41) is 14.5. The van der Waals surface area contributed by atoms with Crippen molar-refractivity contribution in [2.24, 2.45) is 0 Å². The lowest BCUT2D eigenvalue weighted by Gasteiger charge is -2.07. The summed E-state index contributed by atoms with van der Waals surface area (Å²) < 4.78 is 0. The molecule has 2 aromatic rings. The third-order valence-corrected chi connectivity index (χ3v) is 3.64. The highest BCUT2D eigenvalue weighted by Crippen LogP contribution is 2.12. The molecule has 5 heteroatoms. The monoisotopic (exact) mass is 300 g/mol. The lowest BCUT2D eigenvalue weighted by molar-refractivity contribution is 0.0950. The van der Waals surface area contributed by atoms with Crippen LogP contribution in [-0.2, 0) is 6.54 Å². The summed E-state index contributed by atoms with van der Waals surface area (Å²) in [6, 6.07) is 5.45. The molecule has 2 rings (SSSR count). The minimum Gasteiger partial charge on any atom is -0.384 e. The molecule has 1 amide bonds. The Morgan fingerprint density at radius 1 is 1.43 bits per heavy atom. The fraction of sp³-hybridized carbons (Fsp3) is 0.250. The molecule has 0 aliphatic rings. The number of nitrogens with one attached hydrogen (secondary N) is 1. The van der Waals surface area contributed by atoms with Crippen LogP contribution in [0.25, 0.3) is 0 Å². The predicted molar refractivity (Wildman–Crippen MR) is 83.2 cm³/mol. The fourth-order valence-corrected chi connectivity index (χ4v) is 2.46. The first-order valence-corrected chi connectivity index (χ1v) is 7.37. The molecule has 0 spiro atoms. The van der Waals surface area contributed by atoms with Crippen LogP contribution in [0.3, 0.4) is 0 Å². The number of thiazole rings is 1. The summed E-state index contributed by atoms with van der Waals surface area (Å²) in [7, 11) is 0. The summed E-state index contributed by atoms with van der Waals surface area (Å²) in [6.07, 6.45) is 0. The lowest BCUT2D eigenvalue weighted by Crippen LogP contribution is -2.24. The first kappa shape index (κ1) is 15.2. The van der Waals surface area contributed by atoms with Gasteiger partial charge >= 0.3 is 0 Å². The number of amides is 1. The quantitative estimate of drug-likeness (QED) is 0.853. The zero-order valence-corrected chi connectivity index (χ0v) is 12.8. The van der Waals surface area contributed by atoms with Crippen LogP contribution in [-0.4, -0.2) is 22.6 Å². The first-order valence-electron chi connectivity index (χ1n) is 6.49. The normalized spacial score (nSPS) is 9.86. The van der Waals surface area contributed by atoms with E-state index >= 15 is 0 Å². The first-order chi connectivity index (χ1) is 10.1. The third kappa shape index (κ3) is 4.15. The number of nitrogens with zero attached hydrogens (tertiary/aromatic N) is 1. The minimum atomic E-state index is -0.229. The zero-order valence-electron chi connectivity index (χ0n) is 11.9. The molecule has 0 fully saturated rings. The van der Waals surface area contributed by atoms with Gasteiger partial charge in [0.15, 0.2) is 0 Å². The summed E-state index contributed by atoms with van der Waals surface area (Å²) in [5.41, 5.74) is 2.99. The number of aryl methyl sites for hydroxylation is 2. The Morgan fingerprint density at radius 3 is 2.90 bits per heavy atom. The Bertz CT molecular complexity index is 711. The number of aliphatic hydroxyl groups is 1. The van der Waals surface area contributed by atoms with E-state index in [1.54, 1.807) is 17.4 Å². The molecule has 0 radical (unpaired) electrons. The van der Waals surface area contributed by atoms with Gasteiger partial charge in [0.25, 0.3) is 5.91 Å². The van der Waals surface area contributed by atoms with Crippen molar-refractivity contribution in [3.8, 4) is 11.8 Å². The van der Waals surface area contributed by atoms with Crippen LogP contribution < -0.4 is 5.32 Å². The van der Waals surface area contributed by atoms with E-state index in [4.69, 9.17) is 5.11 Å². The van der Waals surface area contributed by atoms with Crippen molar-refractivity contribution in [3.63, 3.8) is 0 Å². The van der Waals surface area contributed by atoms with Gasteiger partial charge in [-0.15, -0.1) is 11.3 Å². The second-order valence-electron chi connectivity index (χ2n) is 4.55. The Labute approximate surface area is 127 Å². The molecular weight excluding hydrogens is 284 g/mol. The number of benzene rings is 1. The van der Waals surface area contributed by atoms with Crippen LogP contribution in [0.1, 0.15) is 32.2 Å². The van der Waals surface area contributed by atoms with E-state index < -0.39 is 0 Å². The van der Waals surface area contributed by atoms with Crippen molar-refractivity contribution in [1.82, 2.24) is 10.3 Å². The molecule has 0 atom stereocenters. The molecule has 1 heterocycles. The van der Waals surface area contributed by atoms with Crippen LogP contribution in [0.4, 0.5) is 0 Å². The number of rotatable bonds is 3. The van der Waals surface area contributed by atoms with Gasteiger partial charge in [-0.3, -0.25) is 4.79 Å². The number of hydrogen-bond acceptors (Lipinski definition) is 4. The molecule has 0 bridgehead atoms. The molecule has 4 nitrogen and oxygen atoms in total. The summed E-state index contributed by atoms with van der Waals surface area (Å²) in [6.45, 7) is 4.03. The van der Waals surface area contributed by atoms with E-state index in [0.29, 0.717) is 17.7 Å². The van der Waals surface area contributed by atoms with E-state index in [1.165, 1.54) is 0 Å². The smallest absolute Gasteiger partial charge is 0.252 e. The maximum absolute atomic E-state index is 12.3. The van der Waals surface area contributed by atoms with Crippen LogP contribution >= 0.6 is 11.3 Å². The highest BCUT2D eigenvalue weighted by molar-refractivity contribution is 7.09. The molecule has 1 aromatic carbocycles. The summed E-state index contributed by atoms with van der Waals surface area (Å²) >= 11 is 1.56. The van der Waals surface area contributed by atoms with Crippen molar-refractivity contribution in [2.45, 2.75) is 20.4 Å². The Kier molecular flexibility index (Phi) is 5.09. The van der Waals surface area contributed by atoms with Crippen molar-refractivity contribution < 1.29 is 9.90 Å². The van der Waals surface area contributed by atoms with Gasteiger partial charge in [-0.1, -0.05) is 17.9 Å². The summed E-state index contributed by atoms with van der Waals surface area (Å²) in [4.78, 5) is 16.6. The van der Waals surface area contributed by atoms with Crippen molar-refractivity contribution in [3.05, 3.63) is 51.0 Å². The SMILES string of the molecule is Cc1ccc(C(=O)NCc2csc(C)n2)c(C#CCO)c1. The average molecular weight is 300 g/mol. The molecule has 108 valence electrons. The van der Waals surface area contributed by atoms with Crippen molar-refractivity contribution in [2.75, 3.05) is 6.61 Å². The Morgan fingerprint density at radius 2 is 2.24 bits per heavy atom. The van der Waals surface area contributed by atoms with Crippen molar-refractivity contribution >= 4 is 17.2 Å². The third-order valence-electron chi connectivity index (χ3n) is 2.82. The molecule has 0 saturated heterocycles. The lowest BCUT2D eigenvalue weighted by atomic mass is 10.0. The van der Waals surface area contributed by atoms with Crippen LogP contribution in [0.5, 0.6) is 0 Å². The number of carbonyl (C=O) groups is 1. The number of carbonyl (C=O) groups excluding carboxylic acids is 1. The average Bonchev–Trinajstić information content (AvgIpc) is 2.88. The Balaban J connectivity index is 2.14. The number of aliphatic hydroxyl groups excluding tert-OH is 1. The van der Waals surface area contributed by atoms with Crippen LogP contribution in [0, 0.1) is 25.7 Å². The van der Waals surface area contributed by atoms with E-state index in [-0.39, 0.29) is 12.5 Å². The van der Waals surface area contributed by atoms with E-state index in [9.17, 15) is 4.79 Å². The fourth-order valence-electron chi connectivity index (χ4n) is 1.85. The number of aromatic nitrogens is 1. The maximum atomic E-state index is 12.3. The molecule has 2 N–H and O–H groups in total. The van der Waals surface area contributed by atoms with Crippen LogP contribution in [0.15, 0.2) is 23.6 Å². The minimum absolute atomic E-state index is 0.192. The zero-order chi connectivity index (χ0) is 15.2. The second-order valence-corrected chi connectivity index (χ2v) is 5.61. The van der Waals surface area contributed by atoms with Gasteiger partial charge in [-0.2, -0.15) is 0 Å². The Hall–Kier alpha value is -2.16. The van der Waals surface area contributed by atoms with Crippen LogP contribution in [0.2, 0.25) is 0 Å². The van der Waals surface area contributed by atoms with Gasteiger partial charge in [0.2, 0.25) is 0 Å². The predicted octanol–water partition coefficient (Wildman–Crippen LogP) is 2.03. The number of hydrogen-bond donors (Lipinski definition) is 2. The molecule has 0 saturated carbocycles. The molecule has 21 heavy (non-hydrogen) atoms. The van der Waals surface area contributed by atoms with Gasteiger partial charge in [0.05, 0.1) is 22.8 Å². The van der Waals surface area contributed by atoms with Gasteiger partial charge in [0.1, 0.15) is 6.61 Å². The highest BCUT2D eigenvalue weighted by atomic mass is 32.1. The van der Waals surface area contributed by atoms with Crippen molar-refractivity contribution in [1.29, 1.82) is 0 Å². The van der Waals surface area contributed by atoms with Gasteiger partial charge in [-0.05, 0) is 31.5 Å². The second kappa shape index (κ2) is 7.02. The molecular formula is C16H16N2O2S. The molecule has 0 aliphatic heterocycles. The summed E-state index contributed by atoms with van der Waals surface area (Å²) in [5.74, 6) is 5.20. The molecule has 0 aliphatic carbocycles. The molecule has 1 aromatic heterocycles. The standard InChI is InChI=1S/C16H16N2O2S/c1-11-5-6-15(13(8-11)4-3-7-19)16(20)17-9-14-10-21-12(2)18-14/h5-6,8,10,19H,7,9H2,1-2H3,(H,17,20). The topological polar surface area (TPSA) is 62.2 Å². The highest BCUT2D eigenvalue weighted by Gasteiger charge is 2.10. The van der Waals surface area contributed by atoms with Gasteiger partial charge < -0.3 is 10.4 Å². The molecule has 0 unspecified atom stereocenters. The maximum Gasteiger partial charge on any atom is 0.252 e. The van der Waals surface area contributed by atoms with E-state index in [0.717, 1.165) is 16.3 Å².